The molecule has 0 radical (unpaired) electrons. The highest BCUT2D eigenvalue weighted by Gasteiger charge is 2.15. The van der Waals surface area contributed by atoms with Gasteiger partial charge >= 0.3 is 0 Å². The van der Waals surface area contributed by atoms with Crippen LogP contribution < -0.4 is 0 Å². The van der Waals surface area contributed by atoms with Crippen LogP contribution >= 0.6 is 0 Å². The lowest BCUT2D eigenvalue weighted by Crippen LogP contribution is -2.02. The average molecular weight is 315 g/mol. The lowest BCUT2D eigenvalue weighted by Gasteiger charge is -2.10. The summed E-state index contributed by atoms with van der Waals surface area (Å²) >= 11 is 0. The molecule has 0 bridgehead atoms. The van der Waals surface area contributed by atoms with Crippen LogP contribution in [-0.4, -0.2) is 15.0 Å². The van der Waals surface area contributed by atoms with Crippen molar-refractivity contribution in [1.29, 1.82) is 0 Å². The van der Waals surface area contributed by atoms with E-state index in [9.17, 15) is 0 Å². The van der Waals surface area contributed by atoms with Crippen LogP contribution in [-0.2, 0) is 6.42 Å². The molecule has 120 valence electrons. The second kappa shape index (κ2) is 5.75. The maximum Gasteiger partial charge on any atom is 0.113 e. The summed E-state index contributed by atoms with van der Waals surface area (Å²) in [6.07, 6.45) is 4.23. The number of allylic oxidation sites excluding steroid dienone is 3. The third-order valence-electron chi connectivity index (χ3n) is 4.70. The van der Waals surface area contributed by atoms with E-state index >= 15 is 0 Å². The Morgan fingerprint density at radius 3 is 2.88 bits per heavy atom. The molecule has 0 saturated heterocycles. The van der Waals surface area contributed by atoms with Crippen molar-refractivity contribution < 1.29 is 0 Å². The van der Waals surface area contributed by atoms with Gasteiger partial charge in [0.05, 0.1) is 5.52 Å². The van der Waals surface area contributed by atoms with Gasteiger partial charge in [-0.3, -0.25) is 0 Å². The van der Waals surface area contributed by atoms with Crippen LogP contribution in [0, 0.1) is 0 Å². The molecule has 0 fully saturated rings. The van der Waals surface area contributed by atoms with Crippen LogP contribution in [0.3, 0.4) is 0 Å². The molecule has 0 saturated carbocycles. The van der Waals surface area contributed by atoms with Crippen LogP contribution in [0.2, 0.25) is 0 Å². The first kappa shape index (κ1) is 14.9. The monoisotopic (exact) mass is 315 g/mol. The SMILES string of the molecule is C=C(CC1=CCc2ccccc21)c1ccc2c(c1)nnn2C(C)C. The normalized spacial score (nSPS) is 13.4. The zero-order valence-electron chi connectivity index (χ0n) is 14.2. The first-order valence-electron chi connectivity index (χ1n) is 8.44. The molecule has 0 spiro atoms. The van der Waals surface area contributed by atoms with Gasteiger partial charge in [-0.15, -0.1) is 5.10 Å². The van der Waals surface area contributed by atoms with Gasteiger partial charge in [-0.25, -0.2) is 4.68 Å². The average Bonchev–Trinajstić information content (AvgIpc) is 3.18. The fourth-order valence-corrected chi connectivity index (χ4v) is 3.40. The number of hydrogen-bond donors (Lipinski definition) is 0. The Morgan fingerprint density at radius 2 is 2.04 bits per heavy atom. The van der Waals surface area contributed by atoms with E-state index in [-0.39, 0.29) is 0 Å². The van der Waals surface area contributed by atoms with E-state index in [4.69, 9.17) is 0 Å². The number of hydrogen-bond acceptors (Lipinski definition) is 2. The molecule has 0 amide bonds. The Kier molecular flexibility index (Phi) is 3.57. The Labute approximate surface area is 142 Å². The second-order valence-electron chi connectivity index (χ2n) is 6.70. The molecule has 0 atom stereocenters. The van der Waals surface area contributed by atoms with Crippen LogP contribution in [0.5, 0.6) is 0 Å². The van der Waals surface area contributed by atoms with Crippen molar-refractivity contribution in [3.05, 3.63) is 71.8 Å². The van der Waals surface area contributed by atoms with E-state index < -0.39 is 0 Å². The number of fused-ring (bicyclic) bond motifs is 2. The number of nitrogens with zero attached hydrogens (tertiary/aromatic N) is 3. The van der Waals surface area contributed by atoms with E-state index in [2.05, 4.69) is 79.3 Å². The Balaban J connectivity index is 1.60. The molecule has 3 aromatic rings. The van der Waals surface area contributed by atoms with Crippen LogP contribution in [0.1, 0.15) is 43.0 Å². The highest BCUT2D eigenvalue weighted by Crippen LogP contribution is 2.34. The lowest BCUT2D eigenvalue weighted by molar-refractivity contribution is 0.530. The maximum absolute atomic E-state index is 4.31. The van der Waals surface area contributed by atoms with Crippen molar-refractivity contribution in [2.75, 3.05) is 0 Å². The smallest absolute Gasteiger partial charge is 0.113 e. The van der Waals surface area contributed by atoms with Crippen molar-refractivity contribution >= 4 is 22.2 Å². The summed E-state index contributed by atoms with van der Waals surface area (Å²) in [5, 5.41) is 8.56. The Hall–Kier alpha value is -2.68. The molecule has 1 aliphatic rings. The summed E-state index contributed by atoms with van der Waals surface area (Å²) in [7, 11) is 0. The molecule has 1 aliphatic carbocycles. The van der Waals surface area contributed by atoms with E-state index in [1.165, 1.54) is 16.7 Å². The highest BCUT2D eigenvalue weighted by atomic mass is 15.4. The minimum atomic E-state index is 0.309. The minimum Gasteiger partial charge on any atom is -0.242 e. The maximum atomic E-state index is 4.31. The van der Waals surface area contributed by atoms with Gasteiger partial charge in [0.1, 0.15) is 5.52 Å². The van der Waals surface area contributed by atoms with Crippen molar-refractivity contribution in [2.24, 2.45) is 0 Å². The van der Waals surface area contributed by atoms with E-state index in [0.29, 0.717) is 6.04 Å². The third kappa shape index (κ3) is 2.46. The summed E-state index contributed by atoms with van der Waals surface area (Å²) in [5.74, 6) is 0. The molecular weight excluding hydrogens is 294 g/mol. The van der Waals surface area contributed by atoms with Gasteiger partial charge in [0, 0.05) is 6.04 Å². The zero-order chi connectivity index (χ0) is 16.7. The van der Waals surface area contributed by atoms with E-state index in [1.807, 2.05) is 4.68 Å². The van der Waals surface area contributed by atoms with E-state index in [0.717, 1.165) is 35.0 Å². The van der Waals surface area contributed by atoms with Crippen LogP contribution in [0.4, 0.5) is 0 Å². The Bertz CT molecular complexity index is 960. The minimum absolute atomic E-state index is 0.309. The topological polar surface area (TPSA) is 30.7 Å². The summed E-state index contributed by atoms with van der Waals surface area (Å²) in [6, 6.07) is 15.3. The molecule has 4 rings (SSSR count). The van der Waals surface area contributed by atoms with Gasteiger partial charge in [0.15, 0.2) is 0 Å². The largest absolute Gasteiger partial charge is 0.242 e. The molecule has 2 aromatic carbocycles. The fraction of sp³-hybridized carbons (Fsp3) is 0.238. The predicted octanol–water partition coefficient (Wildman–Crippen LogP) is 5.06. The van der Waals surface area contributed by atoms with Crippen molar-refractivity contribution in [1.82, 2.24) is 15.0 Å². The highest BCUT2D eigenvalue weighted by molar-refractivity contribution is 5.85. The van der Waals surface area contributed by atoms with Crippen molar-refractivity contribution in [3.63, 3.8) is 0 Å². The molecule has 0 aliphatic heterocycles. The molecule has 1 heterocycles. The van der Waals surface area contributed by atoms with E-state index in [1.54, 1.807) is 0 Å². The number of benzene rings is 2. The molecular formula is C21H21N3. The first-order chi connectivity index (χ1) is 11.6. The van der Waals surface area contributed by atoms with Crippen LogP contribution in [0.15, 0.2) is 55.1 Å². The summed E-state index contributed by atoms with van der Waals surface area (Å²) in [5.41, 5.74) is 8.43. The molecule has 24 heavy (non-hydrogen) atoms. The Morgan fingerprint density at radius 1 is 1.21 bits per heavy atom. The van der Waals surface area contributed by atoms with Gasteiger partial charge < -0.3 is 0 Å². The van der Waals surface area contributed by atoms with Crippen LogP contribution in [0.25, 0.3) is 22.2 Å². The quantitative estimate of drug-likeness (QED) is 0.674. The van der Waals surface area contributed by atoms with Gasteiger partial charge in [0.25, 0.3) is 0 Å². The number of rotatable bonds is 4. The zero-order valence-corrected chi connectivity index (χ0v) is 14.2. The molecule has 3 nitrogen and oxygen atoms in total. The predicted molar refractivity (Wildman–Crippen MR) is 99.7 cm³/mol. The first-order valence-corrected chi connectivity index (χ1v) is 8.44. The lowest BCUT2D eigenvalue weighted by atomic mass is 9.96. The van der Waals surface area contributed by atoms with Crippen molar-refractivity contribution in [3.8, 4) is 0 Å². The van der Waals surface area contributed by atoms with Gasteiger partial charge in [-0.2, -0.15) is 0 Å². The number of aromatic nitrogens is 3. The fourth-order valence-electron chi connectivity index (χ4n) is 3.40. The summed E-state index contributed by atoms with van der Waals surface area (Å²) in [4.78, 5) is 0. The van der Waals surface area contributed by atoms with Gasteiger partial charge in [-0.05, 0) is 66.7 Å². The van der Waals surface area contributed by atoms with Gasteiger partial charge in [0.2, 0.25) is 0 Å². The third-order valence-corrected chi connectivity index (χ3v) is 4.70. The van der Waals surface area contributed by atoms with Gasteiger partial charge in [-0.1, -0.05) is 48.2 Å². The molecule has 0 unspecified atom stereocenters. The van der Waals surface area contributed by atoms with Crippen molar-refractivity contribution in [2.45, 2.75) is 32.7 Å². The summed E-state index contributed by atoms with van der Waals surface area (Å²) < 4.78 is 1.96. The standard InChI is InChI=1S/C21H21N3/c1-14(2)24-21-11-10-17(13-20(21)22-23-24)15(3)12-18-9-8-16-6-4-5-7-19(16)18/h4-7,9-11,13-14H,3,8,12H2,1-2H3. The second-order valence-corrected chi connectivity index (χ2v) is 6.70. The molecule has 0 N–H and O–H groups in total. The molecule has 3 heteroatoms. The molecule has 1 aromatic heterocycles. The summed E-state index contributed by atoms with van der Waals surface area (Å²) in [6.45, 7) is 8.55.